The van der Waals surface area contributed by atoms with Gasteiger partial charge in [-0.3, -0.25) is 4.79 Å². The van der Waals surface area contributed by atoms with Crippen LogP contribution in [0, 0.1) is 0 Å². The third-order valence-corrected chi connectivity index (χ3v) is 3.69. The van der Waals surface area contributed by atoms with Crippen molar-refractivity contribution in [1.82, 2.24) is 9.88 Å². The fourth-order valence-corrected chi connectivity index (χ4v) is 2.55. The van der Waals surface area contributed by atoms with Gasteiger partial charge in [0.05, 0.1) is 24.9 Å². The van der Waals surface area contributed by atoms with Crippen LogP contribution in [0.3, 0.4) is 0 Å². The lowest BCUT2D eigenvalue weighted by atomic mass is 10.2. The molecule has 0 spiro atoms. The fourth-order valence-electron chi connectivity index (χ4n) is 2.55. The van der Waals surface area contributed by atoms with E-state index >= 15 is 0 Å². The Morgan fingerprint density at radius 2 is 2.12 bits per heavy atom. The van der Waals surface area contributed by atoms with E-state index < -0.39 is 12.8 Å². The first-order valence-electron chi connectivity index (χ1n) is 7.32. The maximum Gasteiger partial charge on any atom is 0.422 e. The smallest absolute Gasteiger partial charge is 0.422 e. The largest absolute Gasteiger partial charge is 0.483 e. The summed E-state index contributed by atoms with van der Waals surface area (Å²) in [6.07, 6.45) is -2.74. The second-order valence-electron chi connectivity index (χ2n) is 5.44. The Kier molecular flexibility index (Phi) is 6.00. The SMILES string of the molecule is COC[C@@H]1C[C@H](OC)CN1C(=O)c1ccc(OCC(F)(F)F)cn1. The molecular weight excluding hydrogens is 329 g/mol. The van der Waals surface area contributed by atoms with Gasteiger partial charge in [-0.15, -0.1) is 0 Å². The average molecular weight is 348 g/mol. The quantitative estimate of drug-likeness (QED) is 0.786. The van der Waals surface area contributed by atoms with Crippen molar-refractivity contribution in [2.45, 2.75) is 24.7 Å². The van der Waals surface area contributed by atoms with Crippen molar-refractivity contribution in [3.63, 3.8) is 0 Å². The molecule has 0 aromatic carbocycles. The Morgan fingerprint density at radius 3 is 2.67 bits per heavy atom. The molecule has 2 atom stereocenters. The highest BCUT2D eigenvalue weighted by molar-refractivity contribution is 5.92. The van der Waals surface area contributed by atoms with Crippen molar-refractivity contribution in [2.75, 3.05) is 34.0 Å². The summed E-state index contributed by atoms with van der Waals surface area (Å²) in [4.78, 5) is 18.1. The summed E-state index contributed by atoms with van der Waals surface area (Å²) in [5.74, 6) is -0.368. The summed E-state index contributed by atoms with van der Waals surface area (Å²) in [6, 6.07) is 2.51. The number of ether oxygens (including phenoxy) is 3. The van der Waals surface area contributed by atoms with E-state index in [1.807, 2.05) is 0 Å². The number of likely N-dealkylation sites (tertiary alicyclic amines) is 1. The van der Waals surface area contributed by atoms with E-state index in [0.717, 1.165) is 6.20 Å². The molecule has 134 valence electrons. The molecule has 0 unspecified atom stereocenters. The number of aromatic nitrogens is 1. The van der Waals surface area contributed by atoms with Crippen molar-refractivity contribution >= 4 is 5.91 Å². The molecule has 1 amide bonds. The molecule has 0 N–H and O–H groups in total. The van der Waals surface area contributed by atoms with E-state index in [0.29, 0.717) is 19.6 Å². The first kappa shape index (κ1) is 18.5. The lowest BCUT2D eigenvalue weighted by Crippen LogP contribution is -2.38. The number of amides is 1. The average Bonchev–Trinajstić information content (AvgIpc) is 2.95. The molecule has 0 radical (unpaired) electrons. The van der Waals surface area contributed by atoms with Gasteiger partial charge < -0.3 is 19.1 Å². The molecule has 1 aliphatic heterocycles. The van der Waals surface area contributed by atoms with E-state index in [2.05, 4.69) is 9.72 Å². The molecule has 24 heavy (non-hydrogen) atoms. The fraction of sp³-hybridized carbons (Fsp3) is 0.600. The van der Waals surface area contributed by atoms with Gasteiger partial charge in [0, 0.05) is 20.8 Å². The zero-order chi connectivity index (χ0) is 17.7. The minimum atomic E-state index is -4.42. The van der Waals surface area contributed by atoms with Crippen LogP contribution in [0.2, 0.25) is 0 Å². The number of carbonyl (C=O) groups is 1. The van der Waals surface area contributed by atoms with Crippen LogP contribution >= 0.6 is 0 Å². The molecule has 2 heterocycles. The van der Waals surface area contributed by atoms with Crippen LogP contribution in [0.25, 0.3) is 0 Å². The topological polar surface area (TPSA) is 60.9 Å². The Hall–Kier alpha value is -1.87. The predicted molar refractivity (Wildman–Crippen MR) is 77.9 cm³/mol. The molecular formula is C15H19F3N2O4. The maximum absolute atomic E-state index is 12.6. The molecule has 1 aromatic rings. The molecule has 9 heteroatoms. The molecule has 1 fully saturated rings. The van der Waals surface area contributed by atoms with Gasteiger partial charge in [0.2, 0.25) is 0 Å². The number of hydrogen-bond donors (Lipinski definition) is 0. The van der Waals surface area contributed by atoms with Crippen molar-refractivity contribution in [2.24, 2.45) is 0 Å². The number of methoxy groups -OCH3 is 2. The normalized spacial score (nSPS) is 21.1. The Balaban J connectivity index is 2.03. The zero-order valence-electron chi connectivity index (χ0n) is 13.4. The van der Waals surface area contributed by atoms with Gasteiger partial charge >= 0.3 is 6.18 Å². The monoisotopic (exact) mass is 348 g/mol. The van der Waals surface area contributed by atoms with E-state index in [1.54, 1.807) is 19.1 Å². The molecule has 0 aliphatic carbocycles. The highest BCUT2D eigenvalue weighted by Gasteiger charge is 2.36. The summed E-state index contributed by atoms with van der Waals surface area (Å²) in [7, 11) is 3.13. The summed E-state index contributed by atoms with van der Waals surface area (Å²) >= 11 is 0. The number of hydrogen-bond acceptors (Lipinski definition) is 5. The Bertz CT molecular complexity index is 551. The van der Waals surface area contributed by atoms with Crippen LogP contribution in [0.5, 0.6) is 5.75 Å². The maximum atomic E-state index is 12.6. The van der Waals surface area contributed by atoms with Crippen LogP contribution < -0.4 is 4.74 Å². The first-order chi connectivity index (χ1) is 11.3. The minimum absolute atomic E-state index is 0.0477. The molecule has 6 nitrogen and oxygen atoms in total. The standard InChI is InChI=1S/C15H19F3N2O4/c1-22-8-10-5-12(23-2)7-20(10)14(21)13-4-3-11(6-19-13)24-9-15(16,17)18/h3-4,6,10,12H,5,7-9H2,1-2H3/t10-,12-/m0/s1. The van der Waals surface area contributed by atoms with Crippen LogP contribution in [-0.4, -0.2) is 68.1 Å². The second kappa shape index (κ2) is 7.80. The van der Waals surface area contributed by atoms with Crippen molar-refractivity contribution in [3.05, 3.63) is 24.0 Å². The molecule has 0 bridgehead atoms. The second-order valence-corrected chi connectivity index (χ2v) is 5.44. The summed E-state index contributed by atoms with van der Waals surface area (Å²) in [5.41, 5.74) is 0.132. The molecule has 1 aliphatic rings. The highest BCUT2D eigenvalue weighted by Crippen LogP contribution is 2.23. The van der Waals surface area contributed by atoms with Crippen LogP contribution in [0.4, 0.5) is 13.2 Å². The Morgan fingerprint density at radius 1 is 1.38 bits per heavy atom. The van der Waals surface area contributed by atoms with Gasteiger partial charge in [0.1, 0.15) is 11.4 Å². The predicted octanol–water partition coefficient (Wildman–Crippen LogP) is 1.90. The van der Waals surface area contributed by atoms with E-state index in [-0.39, 0.29) is 29.5 Å². The number of nitrogens with zero attached hydrogens (tertiary/aromatic N) is 2. The summed E-state index contributed by atoms with van der Waals surface area (Å²) in [6.45, 7) is -0.616. The van der Waals surface area contributed by atoms with Crippen LogP contribution in [0.15, 0.2) is 18.3 Å². The van der Waals surface area contributed by atoms with Gasteiger partial charge in [-0.2, -0.15) is 13.2 Å². The van der Waals surface area contributed by atoms with Crippen molar-refractivity contribution in [3.8, 4) is 5.75 Å². The van der Waals surface area contributed by atoms with Crippen LogP contribution in [-0.2, 0) is 9.47 Å². The third kappa shape index (κ3) is 4.81. The summed E-state index contributed by atoms with van der Waals surface area (Å²) < 4.78 is 51.3. The van der Waals surface area contributed by atoms with Crippen LogP contribution in [0.1, 0.15) is 16.9 Å². The van der Waals surface area contributed by atoms with Gasteiger partial charge in [0.25, 0.3) is 5.91 Å². The molecule has 1 saturated heterocycles. The van der Waals surface area contributed by atoms with Gasteiger partial charge in [0.15, 0.2) is 6.61 Å². The van der Waals surface area contributed by atoms with E-state index in [1.165, 1.54) is 12.1 Å². The minimum Gasteiger partial charge on any atom is -0.483 e. The highest BCUT2D eigenvalue weighted by atomic mass is 19.4. The lowest BCUT2D eigenvalue weighted by molar-refractivity contribution is -0.153. The number of pyridine rings is 1. The van der Waals surface area contributed by atoms with Crippen molar-refractivity contribution in [1.29, 1.82) is 0 Å². The molecule has 2 rings (SSSR count). The summed E-state index contributed by atoms with van der Waals surface area (Å²) in [5, 5.41) is 0. The molecule has 1 aromatic heterocycles. The number of alkyl halides is 3. The molecule has 0 saturated carbocycles. The number of rotatable bonds is 6. The number of halogens is 3. The van der Waals surface area contributed by atoms with Gasteiger partial charge in [-0.1, -0.05) is 0 Å². The van der Waals surface area contributed by atoms with Gasteiger partial charge in [-0.05, 0) is 18.6 Å². The van der Waals surface area contributed by atoms with E-state index in [4.69, 9.17) is 9.47 Å². The van der Waals surface area contributed by atoms with E-state index in [9.17, 15) is 18.0 Å². The zero-order valence-corrected chi connectivity index (χ0v) is 13.4. The number of carbonyl (C=O) groups excluding carboxylic acids is 1. The van der Waals surface area contributed by atoms with Gasteiger partial charge in [-0.25, -0.2) is 4.98 Å². The Labute approximate surface area is 137 Å². The lowest BCUT2D eigenvalue weighted by Gasteiger charge is -2.23. The third-order valence-electron chi connectivity index (χ3n) is 3.69. The first-order valence-corrected chi connectivity index (χ1v) is 7.32. The van der Waals surface area contributed by atoms with Crippen molar-refractivity contribution < 1.29 is 32.2 Å².